The van der Waals surface area contributed by atoms with E-state index in [1.54, 1.807) is 21.0 Å². The summed E-state index contributed by atoms with van der Waals surface area (Å²) in [6.07, 6.45) is 0.681. The van der Waals surface area contributed by atoms with Crippen molar-refractivity contribution in [2.24, 2.45) is 4.36 Å². The topological polar surface area (TPSA) is 76.5 Å². The first-order chi connectivity index (χ1) is 18.7. The quantitative estimate of drug-likeness (QED) is 0.319. The molecule has 39 heavy (non-hydrogen) atoms. The van der Waals surface area contributed by atoms with E-state index < -0.39 is 33.6 Å². The number of nitrogens with zero attached hydrogens (tertiary/aromatic N) is 3. The molecule has 1 aliphatic heterocycles. The fourth-order valence-corrected chi connectivity index (χ4v) is 7.49. The van der Waals surface area contributed by atoms with Gasteiger partial charge in [0.05, 0.1) is 30.3 Å². The van der Waals surface area contributed by atoms with Crippen LogP contribution in [0.15, 0.2) is 34.7 Å². The third-order valence-corrected chi connectivity index (χ3v) is 9.60. The molecule has 2 fully saturated rings. The normalized spacial score (nSPS) is 21.7. The van der Waals surface area contributed by atoms with Crippen LogP contribution in [0.2, 0.25) is 0 Å². The van der Waals surface area contributed by atoms with Crippen molar-refractivity contribution in [1.29, 1.82) is 0 Å². The summed E-state index contributed by atoms with van der Waals surface area (Å²) in [6, 6.07) is 7.54. The maximum absolute atomic E-state index is 14.8. The van der Waals surface area contributed by atoms with Gasteiger partial charge in [-0.25, -0.2) is 31.7 Å². The zero-order chi connectivity index (χ0) is 28.3. The highest BCUT2D eigenvalue weighted by atomic mass is 32.2. The predicted octanol–water partition coefficient (Wildman–Crippen LogP) is 7.73. The summed E-state index contributed by atoms with van der Waals surface area (Å²) in [4.78, 5) is 9.13. The van der Waals surface area contributed by atoms with Gasteiger partial charge in [0.1, 0.15) is 23.2 Å². The molecule has 0 amide bonds. The lowest BCUT2D eigenvalue weighted by molar-refractivity contribution is 0.146. The highest BCUT2D eigenvalue weighted by Crippen LogP contribution is 2.40. The fourth-order valence-electron chi connectivity index (χ4n) is 5.02. The molecule has 0 unspecified atom stereocenters. The SMILES string of the molecule is CC.COc1cc2nc(C)nc(N[C@H](C)c3cccc(C(F)F)c3F)c2cc1C1CCS(=O)(=NC2CC2)CC1. The summed E-state index contributed by atoms with van der Waals surface area (Å²) < 4.78 is 64.8. The number of hydrogen-bond donors (Lipinski definition) is 1. The van der Waals surface area contributed by atoms with E-state index in [0.29, 0.717) is 34.4 Å². The van der Waals surface area contributed by atoms with Crippen molar-refractivity contribution in [2.45, 2.75) is 77.8 Å². The van der Waals surface area contributed by atoms with Crippen molar-refractivity contribution < 1.29 is 22.1 Å². The van der Waals surface area contributed by atoms with E-state index in [9.17, 15) is 17.4 Å². The summed E-state index contributed by atoms with van der Waals surface area (Å²) in [6.45, 7) is 7.47. The largest absolute Gasteiger partial charge is 0.496 e. The molecule has 1 aliphatic carbocycles. The molecule has 0 radical (unpaired) electrons. The molecule has 1 aromatic heterocycles. The number of aryl methyl sites for hydroxylation is 1. The number of halogens is 3. The number of hydrogen-bond acceptors (Lipinski definition) is 6. The van der Waals surface area contributed by atoms with Crippen molar-refractivity contribution in [2.75, 3.05) is 23.9 Å². The summed E-state index contributed by atoms with van der Waals surface area (Å²) >= 11 is 0. The minimum absolute atomic E-state index is 0.136. The van der Waals surface area contributed by atoms with Gasteiger partial charge in [0.25, 0.3) is 6.43 Å². The van der Waals surface area contributed by atoms with Gasteiger partial charge in [-0.15, -0.1) is 0 Å². The number of alkyl halides is 2. The van der Waals surface area contributed by atoms with E-state index in [1.165, 1.54) is 12.1 Å². The first-order valence-electron chi connectivity index (χ1n) is 13.6. The molecule has 6 nitrogen and oxygen atoms in total. The van der Waals surface area contributed by atoms with Crippen LogP contribution in [0.25, 0.3) is 10.9 Å². The third-order valence-electron chi connectivity index (χ3n) is 7.17. The smallest absolute Gasteiger partial charge is 0.266 e. The molecule has 5 rings (SSSR count). The Hall–Kier alpha value is -2.88. The van der Waals surface area contributed by atoms with Crippen LogP contribution >= 0.6 is 0 Å². The highest BCUT2D eigenvalue weighted by molar-refractivity contribution is 7.93. The zero-order valence-electron chi connectivity index (χ0n) is 23.1. The lowest BCUT2D eigenvalue weighted by Gasteiger charge is -2.27. The van der Waals surface area contributed by atoms with Gasteiger partial charge >= 0.3 is 0 Å². The van der Waals surface area contributed by atoms with Crippen molar-refractivity contribution in [3.8, 4) is 5.75 Å². The van der Waals surface area contributed by atoms with E-state index in [2.05, 4.69) is 19.6 Å². The van der Waals surface area contributed by atoms with Crippen LogP contribution in [0.1, 0.15) is 87.4 Å². The third kappa shape index (κ3) is 6.48. The summed E-state index contributed by atoms with van der Waals surface area (Å²) in [5.41, 5.74) is 1.16. The number of aromatic nitrogens is 2. The van der Waals surface area contributed by atoms with Crippen LogP contribution in [-0.2, 0) is 9.73 Å². The second-order valence-electron chi connectivity index (χ2n) is 9.94. The molecule has 212 valence electrons. The summed E-state index contributed by atoms with van der Waals surface area (Å²) in [5.74, 6) is 2.08. The molecule has 10 heteroatoms. The van der Waals surface area contributed by atoms with Gasteiger partial charge in [0.15, 0.2) is 0 Å². The zero-order valence-corrected chi connectivity index (χ0v) is 24.0. The van der Waals surface area contributed by atoms with Crippen molar-refractivity contribution in [3.63, 3.8) is 0 Å². The van der Waals surface area contributed by atoms with Gasteiger partial charge in [0, 0.05) is 38.3 Å². The van der Waals surface area contributed by atoms with E-state index in [1.807, 2.05) is 26.0 Å². The van der Waals surface area contributed by atoms with Crippen LogP contribution < -0.4 is 10.1 Å². The number of rotatable bonds is 7. The highest BCUT2D eigenvalue weighted by Gasteiger charge is 2.30. The average Bonchev–Trinajstić information content (AvgIpc) is 3.73. The van der Waals surface area contributed by atoms with Gasteiger partial charge in [-0.2, -0.15) is 0 Å². The van der Waals surface area contributed by atoms with Gasteiger partial charge in [-0.1, -0.05) is 32.0 Å². The Balaban J connectivity index is 0.00000172. The molecule has 0 spiro atoms. The second kappa shape index (κ2) is 12.1. The lowest BCUT2D eigenvalue weighted by Crippen LogP contribution is -2.23. The Morgan fingerprint density at radius 3 is 2.36 bits per heavy atom. The number of ether oxygens (including phenoxy) is 1. The van der Waals surface area contributed by atoms with Crippen molar-refractivity contribution in [1.82, 2.24) is 9.97 Å². The Morgan fingerprint density at radius 1 is 1.08 bits per heavy atom. The molecule has 2 aromatic carbocycles. The number of nitrogens with one attached hydrogen (secondary N) is 1. The molecule has 3 aromatic rings. The van der Waals surface area contributed by atoms with Crippen LogP contribution in [0, 0.1) is 12.7 Å². The molecular formula is C29H37F3N4O2S. The number of fused-ring (bicyclic) bond motifs is 1. The van der Waals surface area contributed by atoms with Gasteiger partial charge in [-0.05, 0) is 57.1 Å². The van der Waals surface area contributed by atoms with Crippen LogP contribution in [0.5, 0.6) is 5.75 Å². The van der Waals surface area contributed by atoms with Gasteiger partial charge < -0.3 is 10.1 Å². The molecule has 0 bridgehead atoms. The first kappa shape index (κ1) is 29.1. The monoisotopic (exact) mass is 562 g/mol. The molecule has 1 saturated carbocycles. The van der Waals surface area contributed by atoms with E-state index in [0.717, 1.165) is 42.7 Å². The average molecular weight is 563 g/mol. The number of methoxy groups -OCH3 is 1. The van der Waals surface area contributed by atoms with Crippen LogP contribution in [0.3, 0.4) is 0 Å². The van der Waals surface area contributed by atoms with Gasteiger partial charge in [-0.3, -0.25) is 0 Å². The lowest BCUT2D eigenvalue weighted by atomic mass is 9.91. The Morgan fingerprint density at radius 2 is 1.74 bits per heavy atom. The minimum atomic E-state index is -2.90. The number of benzene rings is 2. The van der Waals surface area contributed by atoms with Crippen LogP contribution in [0.4, 0.5) is 19.0 Å². The Labute approximate surface area is 229 Å². The van der Waals surface area contributed by atoms with Crippen LogP contribution in [-0.4, -0.2) is 38.8 Å². The second-order valence-corrected chi connectivity index (χ2v) is 12.5. The summed E-state index contributed by atoms with van der Waals surface area (Å²) in [7, 11) is -0.528. The first-order valence-corrected chi connectivity index (χ1v) is 15.4. The maximum Gasteiger partial charge on any atom is 0.266 e. The van der Waals surface area contributed by atoms with Crippen molar-refractivity contribution >= 4 is 26.4 Å². The molecule has 2 aliphatic rings. The molecule has 2 heterocycles. The molecular weight excluding hydrogens is 525 g/mol. The Kier molecular flexibility index (Phi) is 9.03. The van der Waals surface area contributed by atoms with Crippen molar-refractivity contribution in [3.05, 3.63) is 58.7 Å². The number of anilines is 1. The predicted molar refractivity (Wildman–Crippen MR) is 151 cm³/mol. The molecule has 1 atom stereocenters. The van der Waals surface area contributed by atoms with E-state index in [-0.39, 0.29) is 17.5 Å². The van der Waals surface area contributed by atoms with E-state index >= 15 is 0 Å². The van der Waals surface area contributed by atoms with Gasteiger partial charge in [0.2, 0.25) is 0 Å². The molecule has 1 N–H and O–H groups in total. The maximum atomic E-state index is 14.8. The standard InChI is InChI=1S/C27H31F3N4O2S.C2H6/c1-15(19-5-4-6-20(25(19)28)26(29)30)31-27-22-13-21(24(36-3)14-23(22)32-16(2)33-27)17-9-11-37(35,12-10-17)34-18-7-8-18;1-2/h4-6,13-15,17-18,26H,7-12H2,1-3H3,(H,31,32,33);1-2H3/t15-,17?,37?;/m1./s1. The summed E-state index contributed by atoms with van der Waals surface area (Å²) in [5, 5.41) is 3.95. The Bertz CT molecular complexity index is 1440. The molecule has 1 saturated heterocycles. The fraction of sp³-hybridized carbons (Fsp3) is 0.517. The minimum Gasteiger partial charge on any atom is -0.496 e. The van der Waals surface area contributed by atoms with E-state index in [4.69, 9.17) is 4.74 Å².